The summed E-state index contributed by atoms with van der Waals surface area (Å²) in [6, 6.07) is 20.7. The van der Waals surface area contributed by atoms with E-state index in [0.29, 0.717) is 37.5 Å². The molecule has 0 radical (unpaired) electrons. The molecule has 5 rings (SSSR count). The molecule has 0 amide bonds. The minimum atomic E-state index is -0.915. The Morgan fingerprint density at radius 2 is 1.72 bits per heavy atom. The first-order chi connectivity index (χ1) is 18.9. The molecule has 7 nitrogen and oxygen atoms in total. The van der Waals surface area contributed by atoms with Crippen molar-refractivity contribution in [3.8, 4) is 5.75 Å². The summed E-state index contributed by atoms with van der Waals surface area (Å²) in [5, 5.41) is 0. The summed E-state index contributed by atoms with van der Waals surface area (Å²) >= 11 is 1.14. The molecule has 2 heterocycles. The van der Waals surface area contributed by atoms with E-state index in [-0.39, 0.29) is 12.2 Å². The van der Waals surface area contributed by atoms with Crippen molar-refractivity contribution in [2.24, 2.45) is 4.99 Å². The van der Waals surface area contributed by atoms with Gasteiger partial charge in [-0.25, -0.2) is 14.2 Å². The standard InChI is InChI=1S/C30H23FN2O5S/c1-3-37-29(36)25-26(19-9-5-4-6-10-19)32-30-33(27(25)20-13-15-22(31)16-14-20)28(35)24(39-30)17-21-11-7-8-12-23(21)38-18(2)34/h4-17,27H,3H2,1-2H3/b24-17-/t27-/m0/s1. The SMILES string of the molecule is CCOC(=O)C1=C(c2ccccc2)N=c2s/c(=C\c3ccccc3OC(C)=O)c(=O)n2[C@H]1c1ccc(F)cc1. The first kappa shape index (κ1) is 26.0. The van der Waals surface area contributed by atoms with E-state index in [1.54, 1.807) is 49.4 Å². The number of fused-ring (bicyclic) bond motifs is 1. The van der Waals surface area contributed by atoms with Crippen LogP contribution in [0.15, 0.2) is 94.2 Å². The normalized spacial score (nSPS) is 14.9. The third-order valence-corrected chi connectivity index (χ3v) is 7.00. The lowest BCUT2D eigenvalue weighted by Crippen LogP contribution is -2.40. The topological polar surface area (TPSA) is 87.0 Å². The molecular formula is C30H23FN2O5S. The van der Waals surface area contributed by atoms with Crippen LogP contribution in [0.5, 0.6) is 5.75 Å². The molecule has 0 N–H and O–H groups in total. The summed E-state index contributed by atoms with van der Waals surface area (Å²) in [5.74, 6) is -1.24. The van der Waals surface area contributed by atoms with Gasteiger partial charge in [0.15, 0.2) is 4.80 Å². The lowest BCUT2D eigenvalue weighted by molar-refractivity contribution is -0.139. The van der Waals surface area contributed by atoms with Gasteiger partial charge in [-0.3, -0.25) is 14.2 Å². The molecule has 3 aromatic carbocycles. The number of halogens is 1. The maximum absolute atomic E-state index is 13.9. The van der Waals surface area contributed by atoms with Crippen molar-refractivity contribution in [2.75, 3.05) is 6.61 Å². The van der Waals surface area contributed by atoms with E-state index in [1.807, 2.05) is 30.3 Å². The highest BCUT2D eigenvalue weighted by Gasteiger charge is 2.35. The van der Waals surface area contributed by atoms with Gasteiger partial charge in [-0.2, -0.15) is 0 Å². The van der Waals surface area contributed by atoms with Crippen LogP contribution in [-0.4, -0.2) is 23.1 Å². The van der Waals surface area contributed by atoms with Crippen molar-refractivity contribution in [3.05, 3.63) is 127 Å². The Kier molecular flexibility index (Phi) is 7.33. The number of thiazole rings is 1. The summed E-state index contributed by atoms with van der Waals surface area (Å²) in [6.07, 6.45) is 1.63. The first-order valence-corrected chi connectivity index (χ1v) is 13.0. The van der Waals surface area contributed by atoms with Gasteiger partial charge in [0, 0.05) is 18.1 Å². The zero-order chi connectivity index (χ0) is 27.5. The fourth-order valence-corrected chi connectivity index (χ4v) is 5.38. The Balaban J connectivity index is 1.81. The van der Waals surface area contributed by atoms with Crippen molar-refractivity contribution < 1.29 is 23.5 Å². The van der Waals surface area contributed by atoms with Gasteiger partial charge in [-0.05, 0) is 36.8 Å². The Labute approximate surface area is 226 Å². The predicted molar refractivity (Wildman–Crippen MR) is 145 cm³/mol. The van der Waals surface area contributed by atoms with Crippen LogP contribution in [0.4, 0.5) is 4.39 Å². The molecular weight excluding hydrogens is 519 g/mol. The van der Waals surface area contributed by atoms with Gasteiger partial charge in [0.25, 0.3) is 5.56 Å². The van der Waals surface area contributed by atoms with E-state index in [2.05, 4.69) is 0 Å². The monoisotopic (exact) mass is 542 g/mol. The average molecular weight is 543 g/mol. The van der Waals surface area contributed by atoms with Gasteiger partial charge in [-0.1, -0.05) is 72.0 Å². The molecule has 39 heavy (non-hydrogen) atoms. The van der Waals surface area contributed by atoms with Crippen LogP contribution in [0.3, 0.4) is 0 Å². The van der Waals surface area contributed by atoms with Crippen LogP contribution >= 0.6 is 11.3 Å². The summed E-state index contributed by atoms with van der Waals surface area (Å²) in [7, 11) is 0. The number of esters is 2. The van der Waals surface area contributed by atoms with Crippen molar-refractivity contribution in [2.45, 2.75) is 19.9 Å². The van der Waals surface area contributed by atoms with E-state index >= 15 is 0 Å². The number of carbonyl (C=O) groups is 2. The van der Waals surface area contributed by atoms with Crippen LogP contribution in [0.25, 0.3) is 11.8 Å². The number of nitrogens with zero attached hydrogens (tertiary/aromatic N) is 2. The van der Waals surface area contributed by atoms with Crippen molar-refractivity contribution >= 4 is 35.0 Å². The first-order valence-electron chi connectivity index (χ1n) is 12.2. The van der Waals surface area contributed by atoms with Gasteiger partial charge in [0.1, 0.15) is 11.6 Å². The number of ether oxygens (including phenoxy) is 2. The predicted octanol–water partition coefficient (Wildman–Crippen LogP) is 4.00. The van der Waals surface area contributed by atoms with Crippen LogP contribution in [-0.2, 0) is 14.3 Å². The lowest BCUT2D eigenvalue weighted by atomic mass is 9.93. The third kappa shape index (κ3) is 5.21. The quantitative estimate of drug-likeness (QED) is 0.272. The largest absolute Gasteiger partial charge is 0.463 e. The summed E-state index contributed by atoms with van der Waals surface area (Å²) in [6.45, 7) is 3.12. The molecule has 9 heteroatoms. The molecule has 1 aliphatic heterocycles. The highest BCUT2D eigenvalue weighted by atomic mass is 32.1. The molecule has 1 aromatic heterocycles. The van der Waals surface area contributed by atoms with Crippen LogP contribution in [0.2, 0.25) is 0 Å². The van der Waals surface area contributed by atoms with Gasteiger partial charge in [0.05, 0.1) is 28.5 Å². The van der Waals surface area contributed by atoms with E-state index in [9.17, 15) is 18.8 Å². The van der Waals surface area contributed by atoms with Crippen molar-refractivity contribution in [1.29, 1.82) is 0 Å². The zero-order valence-electron chi connectivity index (χ0n) is 21.1. The molecule has 1 atom stereocenters. The Bertz CT molecular complexity index is 1770. The highest BCUT2D eigenvalue weighted by Crippen LogP contribution is 2.35. The molecule has 0 saturated carbocycles. The van der Waals surface area contributed by atoms with Crippen LogP contribution in [0, 0.1) is 5.82 Å². The number of rotatable bonds is 6. The van der Waals surface area contributed by atoms with Crippen LogP contribution < -0.4 is 19.6 Å². The van der Waals surface area contributed by atoms with Gasteiger partial charge < -0.3 is 9.47 Å². The van der Waals surface area contributed by atoms with Crippen molar-refractivity contribution in [3.63, 3.8) is 0 Å². The smallest absolute Gasteiger partial charge is 0.338 e. The molecule has 0 unspecified atom stereocenters. The molecule has 0 aliphatic carbocycles. The minimum absolute atomic E-state index is 0.123. The summed E-state index contributed by atoms with van der Waals surface area (Å²) in [5.41, 5.74) is 1.87. The Morgan fingerprint density at radius 1 is 1.03 bits per heavy atom. The van der Waals surface area contributed by atoms with Crippen molar-refractivity contribution in [1.82, 2.24) is 4.57 Å². The highest BCUT2D eigenvalue weighted by molar-refractivity contribution is 7.07. The van der Waals surface area contributed by atoms with Crippen LogP contribution in [0.1, 0.15) is 36.6 Å². The maximum Gasteiger partial charge on any atom is 0.338 e. The number of hydrogen-bond acceptors (Lipinski definition) is 7. The lowest BCUT2D eigenvalue weighted by Gasteiger charge is -2.25. The van der Waals surface area contributed by atoms with E-state index in [0.717, 1.165) is 11.3 Å². The number of benzene rings is 3. The second kappa shape index (κ2) is 11.0. The number of aromatic nitrogens is 1. The fourth-order valence-electron chi connectivity index (χ4n) is 4.39. The molecule has 1 aliphatic rings. The van der Waals surface area contributed by atoms with Gasteiger partial charge >= 0.3 is 11.9 Å². The fraction of sp³-hybridized carbons (Fsp3) is 0.133. The Hall–Kier alpha value is -4.63. The van der Waals surface area contributed by atoms with Gasteiger partial charge in [-0.15, -0.1) is 0 Å². The van der Waals surface area contributed by atoms with E-state index in [1.165, 1.54) is 23.6 Å². The maximum atomic E-state index is 13.9. The number of para-hydroxylation sites is 1. The molecule has 0 spiro atoms. The summed E-state index contributed by atoms with van der Waals surface area (Å²) < 4.78 is 26.4. The third-order valence-electron chi connectivity index (χ3n) is 6.02. The summed E-state index contributed by atoms with van der Waals surface area (Å²) in [4.78, 5) is 44.0. The average Bonchev–Trinajstić information content (AvgIpc) is 3.24. The van der Waals surface area contributed by atoms with E-state index in [4.69, 9.17) is 14.5 Å². The van der Waals surface area contributed by atoms with Gasteiger partial charge in [0.2, 0.25) is 0 Å². The zero-order valence-corrected chi connectivity index (χ0v) is 21.9. The molecule has 0 saturated heterocycles. The molecule has 4 aromatic rings. The molecule has 196 valence electrons. The Morgan fingerprint density at radius 3 is 2.41 bits per heavy atom. The number of hydrogen-bond donors (Lipinski definition) is 0. The minimum Gasteiger partial charge on any atom is -0.463 e. The second-order valence-electron chi connectivity index (χ2n) is 8.61. The second-order valence-corrected chi connectivity index (χ2v) is 9.62. The van der Waals surface area contributed by atoms with E-state index < -0.39 is 29.4 Å². The molecule has 0 bridgehead atoms. The molecule has 0 fully saturated rings. The number of carbonyl (C=O) groups excluding carboxylic acids is 2.